The molecule has 114 valence electrons. The summed E-state index contributed by atoms with van der Waals surface area (Å²) in [7, 11) is 2.00. The number of hydrogen-bond acceptors (Lipinski definition) is 3. The van der Waals surface area contributed by atoms with Gasteiger partial charge in [0.1, 0.15) is 0 Å². The fourth-order valence-corrected chi connectivity index (χ4v) is 3.09. The van der Waals surface area contributed by atoms with E-state index in [0.717, 1.165) is 30.2 Å². The fraction of sp³-hybridized carbons (Fsp3) is 0.625. The van der Waals surface area contributed by atoms with Gasteiger partial charge in [0.25, 0.3) is 0 Å². The highest BCUT2D eigenvalue weighted by atomic mass is 15.4. The van der Waals surface area contributed by atoms with E-state index in [1.807, 2.05) is 11.7 Å². The second kappa shape index (κ2) is 5.30. The average Bonchev–Trinajstić information content (AvgIpc) is 3.15. The van der Waals surface area contributed by atoms with Crippen LogP contribution in [0, 0.1) is 20.8 Å². The van der Waals surface area contributed by atoms with Gasteiger partial charge >= 0.3 is 0 Å². The van der Waals surface area contributed by atoms with Crippen LogP contribution in [0.5, 0.6) is 0 Å². The highest BCUT2D eigenvalue weighted by Gasteiger charge is 2.24. The summed E-state index contributed by atoms with van der Waals surface area (Å²) in [6, 6.07) is 0.698. The molecule has 2 aromatic heterocycles. The summed E-state index contributed by atoms with van der Waals surface area (Å²) in [6.45, 7) is 9.39. The Balaban J connectivity index is 2.04. The van der Waals surface area contributed by atoms with Crippen molar-refractivity contribution in [3.8, 4) is 5.82 Å². The molecule has 5 heteroatoms. The van der Waals surface area contributed by atoms with Crippen molar-refractivity contribution in [2.75, 3.05) is 0 Å². The van der Waals surface area contributed by atoms with E-state index in [0.29, 0.717) is 6.04 Å². The predicted octanol–water partition coefficient (Wildman–Crippen LogP) is 2.35. The molecule has 0 aromatic carbocycles. The maximum atomic E-state index is 4.76. The third-order valence-electron chi connectivity index (χ3n) is 4.45. The standard InChI is InChI=1S/C16H25N5/c1-6-14-10(2)19-21(12(14)4)16-15(9-17-13-7-8-13)11(3)18-20(16)5/h13,17H,6-9H2,1-5H3. The molecule has 0 amide bonds. The van der Waals surface area contributed by atoms with Crippen molar-refractivity contribution in [2.45, 2.75) is 59.5 Å². The van der Waals surface area contributed by atoms with E-state index in [1.165, 1.54) is 29.7 Å². The first-order chi connectivity index (χ1) is 10.0. The lowest BCUT2D eigenvalue weighted by Gasteiger charge is -2.10. The molecule has 0 radical (unpaired) electrons. The Kier molecular flexibility index (Phi) is 3.61. The van der Waals surface area contributed by atoms with E-state index in [4.69, 9.17) is 5.10 Å². The van der Waals surface area contributed by atoms with Crippen LogP contribution in [0.1, 0.15) is 48.0 Å². The molecule has 2 aromatic rings. The summed E-state index contributed by atoms with van der Waals surface area (Å²) in [5.41, 5.74) is 6.04. The molecule has 1 saturated carbocycles. The van der Waals surface area contributed by atoms with Crippen molar-refractivity contribution in [1.82, 2.24) is 24.9 Å². The van der Waals surface area contributed by atoms with E-state index in [1.54, 1.807) is 0 Å². The molecular formula is C16H25N5. The molecule has 1 aliphatic carbocycles. The zero-order valence-electron chi connectivity index (χ0n) is 13.7. The SMILES string of the molecule is CCc1c(C)nn(-c2c(CNC3CC3)c(C)nn2C)c1C. The molecule has 1 aliphatic rings. The summed E-state index contributed by atoms with van der Waals surface area (Å²) < 4.78 is 4.02. The van der Waals surface area contributed by atoms with Crippen LogP contribution in [-0.4, -0.2) is 25.6 Å². The number of aromatic nitrogens is 4. The van der Waals surface area contributed by atoms with Gasteiger partial charge in [-0.3, -0.25) is 4.68 Å². The molecule has 0 unspecified atom stereocenters. The van der Waals surface area contributed by atoms with Crippen molar-refractivity contribution < 1.29 is 0 Å². The van der Waals surface area contributed by atoms with Gasteiger partial charge in [-0.2, -0.15) is 10.2 Å². The Labute approximate surface area is 126 Å². The smallest absolute Gasteiger partial charge is 0.156 e. The van der Waals surface area contributed by atoms with E-state index >= 15 is 0 Å². The minimum atomic E-state index is 0.698. The average molecular weight is 287 g/mol. The Morgan fingerprint density at radius 2 is 1.76 bits per heavy atom. The largest absolute Gasteiger partial charge is 0.310 e. The van der Waals surface area contributed by atoms with Crippen molar-refractivity contribution in [1.29, 1.82) is 0 Å². The third kappa shape index (κ3) is 2.50. The monoisotopic (exact) mass is 287 g/mol. The van der Waals surface area contributed by atoms with E-state index in [2.05, 4.69) is 42.8 Å². The molecule has 0 atom stereocenters. The number of nitrogens with zero attached hydrogens (tertiary/aromatic N) is 4. The van der Waals surface area contributed by atoms with Crippen LogP contribution in [0.4, 0.5) is 0 Å². The normalized spacial score (nSPS) is 14.9. The van der Waals surface area contributed by atoms with Gasteiger partial charge in [0.2, 0.25) is 0 Å². The van der Waals surface area contributed by atoms with Crippen LogP contribution in [0.3, 0.4) is 0 Å². The zero-order valence-corrected chi connectivity index (χ0v) is 13.7. The van der Waals surface area contributed by atoms with Gasteiger partial charge in [-0.05, 0) is 45.6 Å². The van der Waals surface area contributed by atoms with Crippen molar-refractivity contribution >= 4 is 0 Å². The van der Waals surface area contributed by atoms with Gasteiger partial charge in [0, 0.05) is 30.9 Å². The highest BCUT2D eigenvalue weighted by molar-refractivity contribution is 5.41. The van der Waals surface area contributed by atoms with Gasteiger partial charge < -0.3 is 5.32 Å². The summed E-state index contributed by atoms with van der Waals surface area (Å²) in [4.78, 5) is 0. The molecule has 0 aliphatic heterocycles. The molecule has 0 saturated heterocycles. The summed E-state index contributed by atoms with van der Waals surface area (Å²) in [5, 5.41) is 13.0. The molecule has 21 heavy (non-hydrogen) atoms. The van der Waals surface area contributed by atoms with Crippen LogP contribution in [-0.2, 0) is 20.0 Å². The fourth-order valence-electron chi connectivity index (χ4n) is 3.09. The number of rotatable bonds is 5. The minimum Gasteiger partial charge on any atom is -0.310 e. The van der Waals surface area contributed by atoms with Gasteiger partial charge in [-0.15, -0.1) is 0 Å². The van der Waals surface area contributed by atoms with Gasteiger partial charge in [-0.25, -0.2) is 4.68 Å². The lowest BCUT2D eigenvalue weighted by Crippen LogP contribution is -2.18. The van der Waals surface area contributed by atoms with E-state index in [9.17, 15) is 0 Å². The first-order valence-corrected chi connectivity index (χ1v) is 7.84. The lowest BCUT2D eigenvalue weighted by atomic mass is 10.1. The van der Waals surface area contributed by atoms with Crippen LogP contribution < -0.4 is 5.32 Å². The first-order valence-electron chi connectivity index (χ1n) is 7.84. The van der Waals surface area contributed by atoms with Gasteiger partial charge in [0.05, 0.1) is 11.4 Å². The van der Waals surface area contributed by atoms with Crippen LogP contribution in [0.25, 0.3) is 5.82 Å². The lowest BCUT2D eigenvalue weighted by molar-refractivity contribution is 0.658. The molecule has 1 N–H and O–H groups in total. The number of aryl methyl sites for hydroxylation is 3. The van der Waals surface area contributed by atoms with Gasteiger partial charge in [0.15, 0.2) is 5.82 Å². The Bertz CT molecular complexity index is 661. The molecule has 2 heterocycles. The van der Waals surface area contributed by atoms with E-state index < -0.39 is 0 Å². The first kappa shape index (κ1) is 14.3. The quantitative estimate of drug-likeness (QED) is 0.918. The molecule has 0 spiro atoms. The highest BCUT2D eigenvalue weighted by Crippen LogP contribution is 2.25. The number of nitrogens with one attached hydrogen (secondary N) is 1. The Morgan fingerprint density at radius 3 is 2.33 bits per heavy atom. The number of hydrogen-bond donors (Lipinski definition) is 1. The van der Waals surface area contributed by atoms with E-state index in [-0.39, 0.29) is 0 Å². The Hall–Kier alpha value is -1.62. The van der Waals surface area contributed by atoms with Crippen molar-refractivity contribution in [2.24, 2.45) is 7.05 Å². The second-order valence-electron chi connectivity index (χ2n) is 6.08. The topological polar surface area (TPSA) is 47.7 Å². The van der Waals surface area contributed by atoms with Crippen LogP contribution in [0.15, 0.2) is 0 Å². The molecule has 0 bridgehead atoms. The maximum absolute atomic E-state index is 4.76. The summed E-state index contributed by atoms with van der Waals surface area (Å²) in [6.07, 6.45) is 3.62. The Morgan fingerprint density at radius 1 is 1.10 bits per heavy atom. The van der Waals surface area contributed by atoms with Crippen molar-refractivity contribution in [3.63, 3.8) is 0 Å². The van der Waals surface area contributed by atoms with Crippen LogP contribution in [0.2, 0.25) is 0 Å². The van der Waals surface area contributed by atoms with Gasteiger partial charge in [-0.1, -0.05) is 6.92 Å². The summed E-state index contributed by atoms with van der Waals surface area (Å²) >= 11 is 0. The van der Waals surface area contributed by atoms with Crippen molar-refractivity contribution in [3.05, 3.63) is 28.2 Å². The predicted molar refractivity (Wildman–Crippen MR) is 83.8 cm³/mol. The molecule has 3 rings (SSSR count). The zero-order chi connectivity index (χ0) is 15.1. The molecule has 5 nitrogen and oxygen atoms in total. The van der Waals surface area contributed by atoms with Crippen LogP contribution >= 0.6 is 0 Å². The molecule has 1 fully saturated rings. The maximum Gasteiger partial charge on any atom is 0.156 e. The third-order valence-corrected chi connectivity index (χ3v) is 4.45. The minimum absolute atomic E-state index is 0.698. The summed E-state index contributed by atoms with van der Waals surface area (Å²) in [5.74, 6) is 1.10. The molecular weight excluding hydrogens is 262 g/mol. The second-order valence-corrected chi connectivity index (χ2v) is 6.08.